The Morgan fingerprint density at radius 2 is 1.78 bits per heavy atom. The fourth-order valence-electron chi connectivity index (χ4n) is 4.38. The number of aromatic nitrogens is 2. The first-order valence-electron chi connectivity index (χ1n) is 12.3. The number of carbonyl (C=O) groups is 2. The van der Waals surface area contributed by atoms with E-state index in [1.54, 1.807) is 16.8 Å². The van der Waals surface area contributed by atoms with Gasteiger partial charge in [-0.2, -0.15) is 5.10 Å². The highest BCUT2D eigenvalue weighted by atomic mass is 19.1. The summed E-state index contributed by atoms with van der Waals surface area (Å²) in [4.78, 5) is 24.1. The number of aryl methyl sites for hydroxylation is 1. The monoisotopic (exact) mass is 511 g/mol. The molecular formula is C28H34FN3O5. The second kappa shape index (κ2) is 12.6. The zero-order chi connectivity index (χ0) is 27.1. The number of aliphatic hydroxyl groups excluding tert-OH is 2. The molecule has 0 saturated carbocycles. The number of nitrogens with one attached hydrogen (secondary N) is 1. The van der Waals surface area contributed by atoms with Gasteiger partial charge in [0.25, 0.3) is 5.91 Å². The summed E-state index contributed by atoms with van der Waals surface area (Å²) >= 11 is 0. The molecule has 0 bridgehead atoms. The van der Waals surface area contributed by atoms with Crippen LogP contribution in [0.5, 0.6) is 0 Å². The van der Waals surface area contributed by atoms with Crippen molar-refractivity contribution in [1.29, 1.82) is 0 Å². The van der Waals surface area contributed by atoms with Crippen LogP contribution in [0.25, 0.3) is 5.69 Å². The maximum absolute atomic E-state index is 13.6. The Bertz CT molecular complexity index is 1220. The summed E-state index contributed by atoms with van der Waals surface area (Å²) in [6.07, 6.45) is -2.13. The lowest BCUT2D eigenvalue weighted by atomic mass is 9.95. The van der Waals surface area contributed by atoms with E-state index in [0.29, 0.717) is 29.9 Å². The summed E-state index contributed by atoms with van der Waals surface area (Å²) in [5.41, 5.74) is 4.27. The average Bonchev–Trinajstić information content (AvgIpc) is 3.21. The van der Waals surface area contributed by atoms with E-state index < -0.39 is 30.4 Å². The molecule has 2 aromatic carbocycles. The van der Waals surface area contributed by atoms with Gasteiger partial charge in [0, 0.05) is 17.8 Å². The van der Waals surface area contributed by atoms with Crippen LogP contribution in [-0.2, 0) is 17.8 Å². The molecule has 198 valence electrons. The second-order valence-corrected chi connectivity index (χ2v) is 9.60. The number of benzene rings is 2. The number of rotatable bonds is 12. The van der Waals surface area contributed by atoms with Gasteiger partial charge < -0.3 is 20.6 Å². The highest BCUT2D eigenvalue weighted by Gasteiger charge is 2.26. The summed E-state index contributed by atoms with van der Waals surface area (Å²) in [7, 11) is 0. The molecule has 2 unspecified atom stereocenters. The molecule has 0 aliphatic carbocycles. The Labute approximate surface area is 215 Å². The van der Waals surface area contributed by atoms with E-state index in [4.69, 9.17) is 5.11 Å². The standard InChI is InChI=1S/C28H34FN3O5/c1-17(2)26-24(12-11-22(33)14-23(34)15-25(35)36)32(21-9-7-20(29)8-10-21)31-27(26)28(37)30-16-19-6-4-5-18(3)13-19/h4-10,13,17,22-23,33-34H,11-12,14-16H2,1-3H3,(H,30,37)(H,35,36). The van der Waals surface area contributed by atoms with Gasteiger partial charge in [-0.15, -0.1) is 0 Å². The lowest BCUT2D eigenvalue weighted by Crippen LogP contribution is -2.24. The molecule has 4 N–H and O–H groups in total. The van der Waals surface area contributed by atoms with Crippen molar-refractivity contribution in [1.82, 2.24) is 15.1 Å². The number of hydrogen-bond donors (Lipinski definition) is 4. The molecule has 2 atom stereocenters. The molecule has 1 amide bonds. The zero-order valence-corrected chi connectivity index (χ0v) is 21.3. The van der Waals surface area contributed by atoms with E-state index in [-0.39, 0.29) is 30.4 Å². The van der Waals surface area contributed by atoms with Gasteiger partial charge in [0.2, 0.25) is 0 Å². The molecule has 0 saturated heterocycles. The van der Waals surface area contributed by atoms with Crippen LogP contribution in [0.2, 0.25) is 0 Å². The van der Waals surface area contributed by atoms with Crippen LogP contribution in [-0.4, -0.2) is 49.2 Å². The molecule has 0 radical (unpaired) electrons. The summed E-state index contributed by atoms with van der Waals surface area (Å²) in [6.45, 7) is 6.20. The first-order valence-corrected chi connectivity index (χ1v) is 12.3. The number of carboxylic acids is 1. The number of carbonyl (C=O) groups excluding carboxylic acids is 1. The number of carboxylic acid groups (broad SMARTS) is 1. The lowest BCUT2D eigenvalue weighted by Gasteiger charge is -2.16. The maximum Gasteiger partial charge on any atom is 0.305 e. The van der Waals surface area contributed by atoms with Crippen LogP contribution in [0.1, 0.15) is 71.9 Å². The van der Waals surface area contributed by atoms with Gasteiger partial charge >= 0.3 is 5.97 Å². The summed E-state index contributed by atoms with van der Waals surface area (Å²) < 4.78 is 15.2. The van der Waals surface area contributed by atoms with Gasteiger partial charge in [-0.05, 0) is 61.9 Å². The quantitative estimate of drug-likeness (QED) is 0.292. The minimum Gasteiger partial charge on any atom is -0.481 e. The average molecular weight is 512 g/mol. The fourth-order valence-corrected chi connectivity index (χ4v) is 4.38. The summed E-state index contributed by atoms with van der Waals surface area (Å²) in [5.74, 6) is -1.97. The highest BCUT2D eigenvalue weighted by molar-refractivity contribution is 5.94. The van der Waals surface area contributed by atoms with E-state index in [1.165, 1.54) is 12.1 Å². The number of hydrogen-bond acceptors (Lipinski definition) is 5. The Morgan fingerprint density at radius 3 is 2.41 bits per heavy atom. The predicted octanol–water partition coefficient (Wildman–Crippen LogP) is 3.89. The topological polar surface area (TPSA) is 125 Å². The largest absolute Gasteiger partial charge is 0.481 e. The Balaban J connectivity index is 1.90. The number of halogens is 1. The SMILES string of the molecule is Cc1cccc(CNC(=O)c2nn(-c3ccc(F)cc3)c(CCC(O)CC(O)CC(=O)O)c2C(C)C)c1. The number of aliphatic carboxylic acids is 1. The van der Waals surface area contributed by atoms with E-state index in [0.717, 1.165) is 11.1 Å². The molecule has 8 nitrogen and oxygen atoms in total. The normalized spacial score (nSPS) is 12.9. The lowest BCUT2D eigenvalue weighted by molar-refractivity contribution is -0.139. The first-order chi connectivity index (χ1) is 17.5. The van der Waals surface area contributed by atoms with Crippen LogP contribution < -0.4 is 5.32 Å². The number of amides is 1. The van der Waals surface area contributed by atoms with Crippen LogP contribution in [0.15, 0.2) is 48.5 Å². The molecule has 3 rings (SSSR count). The summed E-state index contributed by atoms with van der Waals surface area (Å²) in [6, 6.07) is 13.6. The van der Waals surface area contributed by atoms with Gasteiger partial charge in [-0.25, -0.2) is 9.07 Å². The van der Waals surface area contributed by atoms with Crippen molar-refractivity contribution in [2.45, 2.75) is 71.1 Å². The number of aliphatic hydroxyl groups is 2. The van der Waals surface area contributed by atoms with E-state index in [1.807, 2.05) is 45.0 Å². The number of nitrogens with zero attached hydrogens (tertiary/aromatic N) is 2. The molecule has 0 fully saturated rings. The first kappa shape index (κ1) is 28.0. The van der Waals surface area contributed by atoms with Gasteiger partial charge in [0.05, 0.1) is 24.3 Å². The van der Waals surface area contributed by atoms with Gasteiger partial charge in [-0.1, -0.05) is 43.7 Å². The maximum atomic E-state index is 13.6. The minimum atomic E-state index is -1.16. The molecule has 37 heavy (non-hydrogen) atoms. The van der Waals surface area contributed by atoms with E-state index >= 15 is 0 Å². The second-order valence-electron chi connectivity index (χ2n) is 9.60. The molecule has 0 aliphatic rings. The Morgan fingerprint density at radius 1 is 1.08 bits per heavy atom. The zero-order valence-electron chi connectivity index (χ0n) is 21.3. The molecule has 9 heteroatoms. The van der Waals surface area contributed by atoms with E-state index in [2.05, 4.69) is 10.4 Å². The Hall–Kier alpha value is -3.56. The van der Waals surface area contributed by atoms with Crippen molar-refractivity contribution in [3.05, 3.63) is 82.4 Å². The molecule has 1 aromatic heterocycles. The molecule has 0 spiro atoms. The van der Waals surface area contributed by atoms with Crippen LogP contribution in [0, 0.1) is 12.7 Å². The summed E-state index contributed by atoms with van der Waals surface area (Å²) in [5, 5.41) is 36.7. The third-order valence-corrected chi connectivity index (χ3v) is 6.09. The van der Waals surface area contributed by atoms with Crippen molar-refractivity contribution in [3.8, 4) is 5.69 Å². The highest BCUT2D eigenvalue weighted by Crippen LogP contribution is 2.28. The van der Waals surface area contributed by atoms with Crippen molar-refractivity contribution < 1.29 is 29.3 Å². The van der Waals surface area contributed by atoms with Crippen LogP contribution in [0.4, 0.5) is 4.39 Å². The molecule has 0 aliphatic heterocycles. The van der Waals surface area contributed by atoms with Crippen molar-refractivity contribution in [2.75, 3.05) is 0 Å². The Kier molecular flexibility index (Phi) is 9.54. The van der Waals surface area contributed by atoms with Gasteiger partial charge in [0.1, 0.15) is 5.82 Å². The third-order valence-electron chi connectivity index (χ3n) is 6.09. The van der Waals surface area contributed by atoms with Crippen LogP contribution >= 0.6 is 0 Å². The van der Waals surface area contributed by atoms with Gasteiger partial charge in [0.15, 0.2) is 5.69 Å². The van der Waals surface area contributed by atoms with Gasteiger partial charge in [-0.3, -0.25) is 9.59 Å². The van der Waals surface area contributed by atoms with Crippen molar-refractivity contribution in [2.24, 2.45) is 0 Å². The molecule has 1 heterocycles. The third kappa shape index (κ3) is 7.71. The van der Waals surface area contributed by atoms with E-state index in [9.17, 15) is 24.2 Å². The smallest absolute Gasteiger partial charge is 0.305 e. The van der Waals surface area contributed by atoms with Crippen LogP contribution in [0.3, 0.4) is 0 Å². The minimum absolute atomic E-state index is 0.0846. The fraction of sp³-hybridized carbons (Fsp3) is 0.393. The molecular weight excluding hydrogens is 477 g/mol. The van der Waals surface area contributed by atoms with Crippen molar-refractivity contribution >= 4 is 11.9 Å². The predicted molar refractivity (Wildman–Crippen MR) is 137 cm³/mol. The van der Waals surface area contributed by atoms with Crippen molar-refractivity contribution in [3.63, 3.8) is 0 Å². The molecule has 3 aromatic rings.